The smallest absolute Gasteiger partial charge is 0.271 e. The highest BCUT2D eigenvalue weighted by Gasteiger charge is 2.14. The van der Waals surface area contributed by atoms with Crippen molar-refractivity contribution < 1.29 is 4.79 Å². The number of hydrogen-bond donors (Lipinski definition) is 2. The van der Waals surface area contributed by atoms with Gasteiger partial charge in [0, 0.05) is 10.7 Å². The highest BCUT2D eigenvalue weighted by molar-refractivity contribution is 9.10. The maximum Gasteiger partial charge on any atom is 0.271 e. The second-order valence-corrected chi connectivity index (χ2v) is 4.52. The van der Waals surface area contributed by atoms with E-state index in [1.54, 1.807) is 12.3 Å². The van der Waals surface area contributed by atoms with Crippen molar-refractivity contribution in [3.63, 3.8) is 0 Å². The van der Waals surface area contributed by atoms with Gasteiger partial charge in [-0.3, -0.25) is 4.79 Å². The first kappa shape index (κ1) is 11.9. The van der Waals surface area contributed by atoms with Gasteiger partial charge in [-0.2, -0.15) is 5.10 Å². The molecule has 2 heterocycles. The summed E-state index contributed by atoms with van der Waals surface area (Å²) in [5, 5.41) is 4.30. The molecule has 0 radical (unpaired) electrons. The van der Waals surface area contributed by atoms with E-state index < -0.39 is 5.91 Å². The fraction of sp³-hybridized carbons (Fsp3) is 0. The molecular formula is C9H7BrClN5O. The average molecular weight is 317 g/mol. The number of pyridine rings is 1. The Balaban J connectivity index is 2.53. The van der Waals surface area contributed by atoms with Gasteiger partial charge in [-0.25, -0.2) is 9.67 Å². The van der Waals surface area contributed by atoms with E-state index in [4.69, 9.17) is 23.1 Å². The van der Waals surface area contributed by atoms with E-state index in [0.717, 1.165) is 4.47 Å². The lowest BCUT2D eigenvalue weighted by Crippen LogP contribution is -2.14. The van der Waals surface area contributed by atoms with Crippen LogP contribution >= 0.6 is 27.5 Å². The summed E-state index contributed by atoms with van der Waals surface area (Å²) < 4.78 is 2.05. The lowest BCUT2D eigenvalue weighted by Gasteiger charge is -2.02. The summed E-state index contributed by atoms with van der Waals surface area (Å²) in [6.45, 7) is 0. The molecule has 0 spiro atoms. The Morgan fingerprint density at radius 1 is 1.53 bits per heavy atom. The molecule has 2 aromatic rings. The number of halogens is 2. The van der Waals surface area contributed by atoms with E-state index in [1.807, 2.05) is 0 Å². The largest absolute Gasteiger partial charge is 0.396 e. The molecule has 1 amide bonds. The van der Waals surface area contributed by atoms with E-state index in [-0.39, 0.29) is 11.4 Å². The van der Waals surface area contributed by atoms with E-state index >= 15 is 0 Å². The minimum Gasteiger partial charge on any atom is -0.396 e. The van der Waals surface area contributed by atoms with Crippen LogP contribution in [-0.2, 0) is 0 Å². The van der Waals surface area contributed by atoms with Crippen LogP contribution in [0.2, 0.25) is 5.02 Å². The quantitative estimate of drug-likeness (QED) is 0.873. The van der Waals surface area contributed by atoms with Crippen LogP contribution in [0, 0.1) is 0 Å². The number of carbonyl (C=O) groups excluding carboxylic acids is 1. The Labute approximate surface area is 110 Å². The van der Waals surface area contributed by atoms with Crippen molar-refractivity contribution in [3.8, 4) is 5.82 Å². The summed E-state index contributed by atoms with van der Waals surface area (Å²) in [5.41, 5.74) is 10.9. The van der Waals surface area contributed by atoms with Gasteiger partial charge in [-0.1, -0.05) is 11.6 Å². The van der Waals surface area contributed by atoms with Crippen LogP contribution in [0.25, 0.3) is 5.82 Å². The van der Waals surface area contributed by atoms with Crippen molar-refractivity contribution in [1.29, 1.82) is 0 Å². The minimum absolute atomic E-state index is 0.00853. The molecule has 6 nitrogen and oxygen atoms in total. The second-order valence-electron chi connectivity index (χ2n) is 3.20. The first-order valence-corrected chi connectivity index (χ1v) is 5.62. The van der Waals surface area contributed by atoms with Crippen molar-refractivity contribution in [2.24, 2.45) is 5.73 Å². The van der Waals surface area contributed by atoms with Crippen molar-refractivity contribution in [2.45, 2.75) is 0 Å². The van der Waals surface area contributed by atoms with Crippen molar-refractivity contribution in [3.05, 3.63) is 33.6 Å². The predicted octanol–water partition coefficient (Wildman–Crippen LogP) is 1.36. The average Bonchev–Trinajstić information content (AvgIpc) is 2.60. The number of aromatic nitrogens is 3. The third-order valence-corrected chi connectivity index (χ3v) is 2.69. The molecule has 0 saturated carbocycles. The zero-order valence-electron chi connectivity index (χ0n) is 8.39. The number of rotatable bonds is 2. The molecule has 0 aliphatic carbocycles. The van der Waals surface area contributed by atoms with Crippen LogP contribution in [0.5, 0.6) is 0 Å². The molecule has 88 valence electrons. The standard InChI is InChI=1S/C9H7BrClN5O/c10-4-1-5(11)9(14-2-4)16-3-6(12)7(15-16)8(13)17/h1-3H,12H2,(H2,13,17). The number of nitrogens with two attached hydrogens (primary N) is 2. The zero-order valence-corrected chi connectivity index (χ0v) is 10.7. The Morgan fingerprint density at radius 3 is 2.76 bits per heavy atom. The molecule has 0 aromatic carbocycles. The number of hydrogen-bond acceptors (Lipinski definition) is 4. The van der Waals surface area contributed by atoms with E-state index in [0.29, 0.717) is 10.8 Å². The summed E-state index contributed by atoms with van der Waals surface area (Å²) >= 11 is 9.23. The molecule has 2 rings (SSSR count). The maximum absolute atomic E-state index is 11.0. The molecule has 0 saturated heterocycles. The summed E-state index contributed by atoms with van der Waals surface area (Å²) in [6.07, 6.45) is 2.99. The highest BCUT2D eigenvalue weighted by atomic mass is 79.9. The summed E-state index contributed by atoms with van der Waals surface area (Å²) in [7, 11) is 0. The molecule has 17 heavy (non-hydrogen) atoms. The lowest BCUT2D eigenvalue weighted by molar-refractivity contribution is 0.0996. The SMILES string of the molecule is NC(=O)c1nn(-c2ncc(Br)cc2Cl)cc1N. The third kappa shape index (κ3) is 2.25. The van der Waals surface area contributed by atoms with Gasteiger partial charge in [0.2, 0.25) is 0 Å². The Hall–Kier alpha value is -1.60. The molecule has 0 aliphatic rings. The fourth-order valence-electron chi connectivity index (χ4n) is 1.26. The van der Waals surface area contributed by atoms with Gasteiger partial charge < -0.3 is 11.5 Å². The summed E-state index contributed by atoms with van der Waals surface area (Å²) in [5.74, 6) is -0.330. The van der Waals surface area contributed by atoms with Crippen LogP contribution < -0.4 is 11.5 Å². The number of amides is 1. The van der Waals surface area contributed by atoms with Gasteiger partial charge in [0.25, 0.3) is 5.91 Å². The van der Waals surface area contributed by atoms with Gasteiger partial charge in [-0.05, 0) is 22.0 Å². The van der Waals surface area contributed by atoms with Gasteiger partial charge >= 0.3 is 0 Å². The van der Waals surface area contributed by atoms with Crippen molar-refractivity contribution in [2.75, 3.05) is 5.73 Å². The van der Waals surface area contributed by atoms with E-state index in [9.17, 15) is 4.79 Å². The van der Waals surface area contributed by atoms with Crippen LogP contribution in [0.4, 0.5) is 5.69 Å². The summed E-state index contributed by atoms with van der Waals surface area (Å²) in [4.78, 5) is 15.1. The fourth-order valence-corrected chi connectivity index (χ4v) is 1.98. The lowest BCUT2D eigenvalue weighted by atomic mass is 10.4. The second kappa shape index (κ2) is 4.34. The van der Waals surface area contributed by atoms with Gasteiger partial charge in [0.05, 0.1) is 16.9 Å². The van der Waals surface area contributed by atoms with Crippen LogP contribution in [0.1, 0.15) is 10.5 Å². The number of carbonyl (C=O) groups is 1. The molecular weight excluding hydrogens is 309 g/mol. The molecule has 0 atom stereocenters. The normalized spacial score (nSPS) is 10.5. The number of primary amides is 1. The Bertz CT molecular complexity index is 597. The zero-order chi connectivity index (χ0) is 12.6. The first-order valence-electron chi connectivity index (χ1n) is 4.45. The molecule has 0 unspecified atom stereocenters. The first-order chi connectivity index (χ1) is 7.99. The monoisotopic (exact) mass is 315 g/mol. The Morgan fingerprint density at radius 2 is 2.24 bits per heavy atom. The van der Waals surface area contributed by atoms with Gasteiger partial charge in [0.15, 0.2) is 11.5 Å². The third-order valence-electron chi connectivity index (χ3n) is 1.98. The van der Waals surface area contributed by atoms with Gasteiger partial charge in [-0.15, -0.1) is 0 Å². The van der Waals surface area contributed by atoms with Crippen LogP contribution in [-0.4, -0.2) is 20.7 Å². The van der Waals surface area contributed by atoms with Crippen molar-refractivity contribution in [1.82, 2.24) is 14.8 Å². The molecule has 4 N–H and O–H groups in total. The molecule has 0 aliphatic heterocycles. The van der Waals surface area contributed by atoms with Gasteiger partial charge in [0.1, 0.15) is 0 Å². The summed E-state index contributed by atoms with van der Waals surface area (Å²) in [6, 6.07) is 1.66. The minimum atomic E-state index is -0.700. The number of nitrogen functional groups attached to an aromatic ring is 1. The van der Waals surface area contributed by atoms with Crippen LogP contribution in [0.15, 0.2) is 22.9 Å². The molecule has 2 aromatic heterocycles. The predicted molar refractivity (Wildman–Crippen MR) is 67.0 cm³/mol. The topological polar surface area (TPSA) is 99.8 Å². The van der Waals surface area contributed by atoms with Crippen molar-refractivity contribution >= 4 is 39.1 Å². The van der Waals surface area contributed by atoms with E-state index in [2.05, 4.69) is 26.0 Å². The maximum atomic E-state index is 11.0. The molecule has 0 fully saturated rings. The molecule has 8 heteroatoms. The van der Waals surface area contributed by atoms with Crippen LogP contribution in [0.3, 0.4) is 0 Å². The Kier molecular flexibility index (Phi) is 3.03. The van der Waals surface area contributed by atoms with E-state index in [1.165, 1.54) is 10.9 Å². The highest BCUT2D eigenvalue weighted by Crippen LogP contribution is 2.23. The number of nitrogens with zero attached hydrogens (tertiary/aromatic N) is 3. The molecule has 0 bridgehead atoms. The number of anilines is 1.